The number of nitrogens with zero attached hydrogens (tertiary/aromatic N) is 1. The zero-order valence-corrected chi connectivity index (χ0v) is 24.8. The number of fused-ring (bicyclic) bond motifs is 1. The maximum Gasteiger partial charge on any atom is 0.258 e. The number of hydrogen-bond acceptors (Lipinski definition) is 4. The van der Waals surface area contributed by atoms with E-state index in [4.69, 9.17) is 6.42 Å². The monoisotopic (exact) mass is 598 g/mol. The molecule has 0 fully saturated rings. The Morgan fingerprint density at radius 3 is 2.27 bits per heavy atom. The lowest BCUT2D eigenvalue weighted by atomic mass is 9.99. The topological polar surface area (TPSA) is 108 Å². The quantitative estimate of drug-likeness (QED) is 0.214. The summed E-state index contributed by atoms with van der Waals surface area (Å²) in [6, 6.07) is 31.3. The van der Waals surface area contributed by atoms with Crippen molar-refractivity contribution in [3.05, 3.63) is 120 Å². The number of terminal acetylenes is 1. The predicted molar refractivity (Wildman–Crippen MR) is 176 cm³/mol. The average molecular weight is 599 g/mol. The van der Waals surface area contributed by atoms with Crippen LogP contribution in [-0.4, -0.2) is 36.7 Å². The third-order valence-corrected chi connectivity index (χ3v) is 7.67. The van der Waals surface area contributed by atoms with E-state index in [0.29, 0.717) is 36.2 Å². The highest BCUT2D eigenvalue weighted by Gasteiger charge is 2.28. The standard InChI is InChI=1S/C37H34N4O4/c1-2-24-38-34(42)22-23-35(43)40-32-16-10-25-41(33-17-9-8-15-31(32)33)37(45)27-18-20-28(21-19-27)39-36(44)30-14-7-6-13-29(30)26-11-4-3-5-12-26/h1,3-9,11-15,17-21,32H,10,16,22-25H2,(H,38,42)(H,39,44)(H,40,43). The molecule has 45 heavy (non-hydrogen) atoms. The maximum atomic E-state index is 13.8. The van der Waals surface area contributed by atoms with Crippen LogP contribution in [0.15, 0.2) is 103 Å². The molecule has 0 aliphatic carbocycles. The Bertz CT molecular complexity index is 1730. The lowest BCUT2D eigenvalue weighted by Gasteiger charge is -2.24. The van der Waals surface area contributed by atoms with Crippen LogP contribution in [0, 0.1) is 12.3 Å². The second kappa shape index (κ2) is 14.7. The molecule has 1 atom stereocenters. The van der Waals surface area contributed by atoms with E-state index in [1.165, 1.54) is 0 Å². The van der Waals surface area contributed by atoms with E-state index in [0.717, 1.165) is 22.4 Å². The minimum Gasteiger partial charge on any atom is -0.349 e. The summed E-state index contributed by atoms with van der Waals surface area (Å²) in [7, 11) is 0. The van der Waals surface area contributed by atoms with E-state index in [9.17, 15) is 19.2 Å². The molecule has 0 bridgehead atoms. The molecule has 1 aliphatic heterocycles. The molecule has 0 saturated heterocycles. The molecule has 3 N–H and O–H groups in total. The fourth-order valence-electron chi connectivity index (χ4n) is 5.45. The van der Waals surface area contributed by atoms with E-state index in [-0.39, 0.29) is 49.1 Å². The van der Waals surface area contributed by atoms with Crippen LogP contribution >= 0.6 is 0 Å². The molecule has 0 spiro atoms. The molecule has 1 heterocycles. The number of nitrogens with one attached hydrogen (secondary N) is 3. The number of amides is 4. The molecule has 4 amide bonds. The van der Waals surface area contributed by atoms with E-state index >= 15 is 0 Å². The van der Waals surface area contributed by atoms with E-state index in [2.05, 4.69) is 21.9 Å². The normalized spacial score (nSPS) is 13.8. The number of carbonyl (C=O) groups excluding carboxylic acids is 4. The van der Waals surface area contributed by atoms with E-state index in [1.807, 2.05) is 72.8 Å². The minimum absolute atomic E-state index is 0.0401. The molecule has 4 aromatic carbocycles. The van der Waals surface area contributed by atoms with Crippen molar-refractivity contribution >= 4 is 35.0 Å². The average Bonchev–Trinajstić information content (AvgIpc) is 3.26. The first-order valence-corrected chi connectivity index (χ1v) is 14.9. The number of carbonyl (C=O) groups is 4. The Kier molecular flexibility index (Phi) is 10.0. The number of rotatable bonds is 9. The maximum absolute atomic E-state index is 13.8. The van der Waals surface area contributed by atoms with Gasteiger partial charge in [-0.3, -0.25) is 19.2 Å². The summed E-state index contributed by atoms with van der Waals surface area (Å²) in [6.45, 7) is 0.604. The summed E-state index contributed by atoms with van der Waals surface area (Å²) in [5.74, 6) is 1.41. The van der Waals surface area contributed by atoms with Gasteiger partial charge in [0.05, 0.1) is 12.6 Å². The summed E-state index contributed by atoms with van der Waals surface area (Å²) in [5.41, 5.74) is 4.97. The van der Waals surface area contributed by atoms with Crippen LogP contribution in [0.4, 0.5) is 11.4 Å². The molecule has 5 rings (SSSR count). The van der Waals surface area contributed by atoms with Crippen LogP contribution in [0.25, 0.3) is 11.1 Å². The molecule has 8 heteroatoms. The molecule has 1 unspecified atom stereocenters. The van der Waals surface area contributed by atoms with E-state index in [1.54, 1.807) is 35.2 Å². The molecule has 1 aliphatic rings. The van der Waals surface area contributed by atoms with Crippen LogP contribution in [0.5, 0.6) is 0 Å². The molecule has 0 saturated carbocycles. The van der Waals surface area contributed by atoms with Gasteiger partial charge in [-0.1, -0.05) is 72.7 Å². The van der Waals surface area contributed by atoms with Gasteiger partial charge in [-0.15, -0.1) is 6.42 Å². The van der Waals surface area contributed by atoms with Gasteiger partial charge in [-0.2, -0.15) is 0 Å². The van der Waals surface area contributed by atoms with Crippen molar-refractivity contribution in [3.8, 4) is 23.5 Å². The van der Waals surface area contributed by atoms with Gasteiger partial charge in [-0.25, -0.2) is 0 Å². The van der Waals surface area contributed by atoms with Crippen molar-refractivity contribution in [1.29, 1.82) is 0 Å². The van der Waals surface area contributed by atoms with Crippen LogP contribution in [0.3, 0.4) is 0 Å². The van der Waals surface area contributed by atoms with Gasteiger partial charge >= 0.3 is 0 Å². The van der Waals surface area contributed by atoms with Gasteiger partial charge in [0.25, 0.3) is 11.8 Å². The molecular formula is C37H34N4O4. The first-order chi connectivity index (χ1) is 21.9. The highest BCUT2D eigenvalue weighted by molar-refractivity contribution is 6.10. The lowest BCUT2D eigenvalue weighted by molar-refractivity contribution is -0.126. The summed E-state index contributed by atoms with van der Waals surface area (Å²) in [4.78, 5) is 53.3. The Balaban J connectivity index is 1.26. The number of benzene rings is 4. The second-order valence-corrected chi connectivity index (χ2v) is 10.7. The molecule has 8 nitrogen and oxygen atoms in total. The van der Waals surface area contributed by atoms with Crippen molar-refractivity contribution < 1.29 is 19.2 Å². The van der Waals surface area contributed by atoms with Crippen LogP contribution in [0.1, 0.15) is 58.0 Å². The summed E-state index contributed by atoms with van der Waals surface area (Å²) < 4.78 is 0. The van der Waals surface area contributed by atoms with Crippen molar-refractivity contribution in [1.82, 2.24) is 10.6 Å². The Hall–Kier alpha value is -5.68. The third-order valence-electron chi connectivity index (χ3n) is 7.67. The minimum atomic E-state index is -0.295. The molecule has 0 radical (unpaired) electrons. The van der Waals surface area contributed by atoms with Gasteiger partial charge in [-0.05, 0) is 65.9 Å². The van der Waals surface area contributed by atoms with Crippen molar-refractivity contribution in [2.75, 3.05) is 23.3 Å². The van der Waals surface area contributed by atoms with Gasteiger partial charge in [0, 0.05) is 41.9 Å². The van der Waals surface area contributed by atoms with Crippen molar-refractivity contribution in [2.45, 2.75) is 31.7 Å². The molecule has 226 valence electrons. The summed E-state index contributed by atoms with van der Waals surface area (Å²) in [5, 5.41) is 8.55. The van der Waals surface area contributed by atoms with Crippen LogP contribution in [-0.2, 0) is 9.59 Å². The zero-order chi connectivity index (χ0) is 31.6. The first-order valence-electron chi connectivity index (χ1n) is 14.9. The van der Waals surface area contributed by atoms with Crippen LogP contribution in [0.2, 0.25) is 0 Å². The van der Waals surface area contributed by atoms with Crippen LogP contribution < -0.4 is 20.9 Å². The Labute approximate surface area is 262 Å². The van der Waals surface area contributed by atoms with Gasteiger partial charge < -0.3 is 20.9 Å². The Morgan fingerprint density at radius 1 is 0.800 bits per heavy atom. The second-order valence-electron chi connectivity index (χ2n) is 10.7. The zero-order valence-electron chi connectivity index (χ0n) is 24.8. The first kappa shape index (κ1) is 30.8. The fraction of sp³-hybridized carbons (Fsp3) is 0.189. The smallest absolute Gasteiger partial charge is 0.258 e. The predicted octanol–water partition coefficient (Wildman–Crippen LogP) is 5.73. The molecular weight excluding hydrogens is 564 g/mol. The van der Waals surface area contributed by atoms with Gasteiger partial charge in [0.1, 0.15) is 0 Å². The number of anilines is 2. The number of hydrogen-bond donors (Lipinski definition) is 3. The Morgan fingerprint density at radius 2 is 1.49 bits per heavy atom. The van der Waals surface area contributed by atoms with E-state index < -0.39 is 0 Å². The molecule has 0 aromatic heterocycles. The molecule has 4 aromatic rings. The van der Waals surface area contributed by atoms with Crippen molar-refractivity contribution in [2.24, 2.45) is 0 Å². The largest absolute Gasteiger partial charge is 0.349 e. The highest BCUT2D eigenvalue weighted by atomic mass is 16.2. The summed E-state index contributed by atoms with van der Waals surface area (Å²) >= 11 is 0. The van der Waals surface area contributed by atoms with Gasteiger partial charge in [0.2, 0.25) is 11.8 Å². The highest BCUT2D eigenvalue weighted by Crippen LogP contribution is 2.34. The lowest BCUT2D eigenvalue weighted by Crippen LogP contribution is -2.32. The third kappa shape index (κ3) is 7.64. The SMILES string of the molecule is C#CCNC(=O)CCC(=O)NC1CCCN(C(=O)c2ccc(NC(=O)c3ccccc3-c3ccccc3)cc2)c2ccccc21. The van der Waals surface area contributed by atoms with Crippen molar-refractivity contribution in [3.63, 3.8) is 0 Å². The van der Waals surface area contributed by atoms with Gasteiger partial charge in [0.15, 0.2) is 0 Å². The number of para-hydroxylation sites is 1. The fourth-order valence-corrected chi connectivity index (χ4v) is 5.45. The summed E-state index contributed by atoms with van der Waals surface area (Å²) in [6.07, 6.45) is 6.56.